The Morgan fingerprint density at radius 3 is 2.81 bits per heavy atom. The van der Waals surface area contributed by atoms with Crippen LogP contribution in [0.2, 0.25) is 5.02 Å². The molecular formula is C13H17ClIN. The molecule has 1 aromatic rings. The third kappa shape index (κ3) is 3.27. The monoisotopic (exact) mass is 349 g/mol. The normalized spacial score (nSPS) is 17.9. The quantitative estimate of drug-likeness (QED) is 0.760. The maximum atomic E-state index is 5.94. The number of hydrogen-bond donors (Lipinski definition) is 1. The van der Waals surface area contributed by atoms with Crippen LogP contribution in [0.15, 0.2) is 18.2 Å². The molecule has 1 aliphatic rings. The summed E-state index contributed by atoms with van der Waals surface area (Å²) in [7, 11) is 0. The molecule has 0 heterocycles. The van der Waals surface area contributed by atoms with Gasteiger partial charge in [-0.25, -0.2) is 0 Å². The topological polar surface area (TPSA) is 12.0 Å². The maximum Gasteiger partial charge on any atom is 0.0478 e. The van der Waals surface area contributed by atoms with Crippen LogP contribution in [0.3, 0.4) is 0 Å². The molecule has 1 atom stereocenters. The predicted octanol–water partition coefficient (Wildman–Crippen LogP) is 4.94. The number of benzene rings is 1. The molecule has 0 aliphatic heterocycles. The van der Waals surface area contributed by atoms with E-state index in [1.807, 2.05) is 12.1 Å². The Morgan fingerprint density at radius 2 is 2.25 bits per heavy atom. The van der Waals surface area contributed by atoms with Crippen molar-refractivity contribution in [2.24, 2.45) is 5.92 Å². The van der Waals surface area contributed by atoms with Gasteiger partial charge in [-0.1, -0.05) is 30.9 Å². The van der Waals surface area contributed by atoms with Gasteiger partial charge in [-0.05, 0) is 60.1 Å². The van der Waals surface area contributed by atoms with Crippen molar-refractivity contribution in [2.75, 3.05) is 5.32 Å². The third-order valence-electron chi connectivity index (χ3n) is 3.24. The van der Waals surface area contributed by atoms with E-state index in [0.717, 1.165) is 10.9 Å². The molecule has 1 N–H and O–H groups in total. The van der Waals surface area contributed by atoms with Crippen molar-refractivity contribution < 1.29 is 0 Å². The largest absolute Gasteiger partial charge is 0.382 e. The molecule has 1 nitrogen and oxygen atoms in total. The summed E-state index contributed by atoms with van der Waals surface area (Å²) < 4.78 is 1.20. The van der Waals surface area contributed by atoms with Gasteiger partial charge in [0.15, 0.2) is 0 Å². The van der Waals surface area contributed by atoms with E-state index in [1.54, 1.807) is 0 Å². The zero-order valence-corrected chi connectivity index (χ0v) is 12.4. The van der Waals surface area contributed by atoms with Crippen LogP contribution in [0, 0.1) is 9.49 Å². The smallest absolute Gasteiger partial charge is 0.0478 e. The average molecular weight is 350 g/mol. The molecule has 1 fully saturated rings. The average Bonchev–Trinajstić information content (AvgIpc) is 2.16. The van der Waals surface area contributed by atoms with Gasteiger partial charge >= 0.3 is 0 Å². The van der Waals surface area contributed by atoms with Gasteiger partial charge in [-0.3, -0.25) is 0 Å². The van der Waals surface area contributed by atoms with Crippen LogP contribution in [0.25, 0.3) is 0 Å². The van der Waals surface area contributed by atoms with Gasteiger partial charge in [0.25, 0.3) is 0 Å². The Bertz CT molecular complexity index is 363. The minimum Gasteiger partial charge on any atom is -0.382 e. The Labute approximate surface area is 116 Å². The molecule has 1 saturated carbocycles. The van der Waals surface area contributed by atoms with Gasteiger partial charge in [0.05, 0.1) is 0 Å². The van der Waals surface area contributed by atoms with Gasteiger partial charge < -0.3 is 5.32 Å². The zero-order valence-electron chi connectivity index (χ0n) is 9.47. The minimum atomic E-state index is 0.556. The number of halogens is 2. The second-order valence-corrected chi connectivity index (χ2v) is 6.30. The number of hydrogen-bond acceptors (Lipinski definition) is 1. The van der Waals surface area contributed by atoms with Crippen LogP contribution in [-0.2, 0) is 0 Å². The standard InChI is InChI=1S/C13H17ClIN/c1-9(7-10-3-2-4-10)16-13-6-5-11(14)8-12(13)15/h5-6,8-10,16H,2-4,7H2,1H3. The van der Waals surface area contributed by atoms with E-state index in [0.29, 0.717) is 6.04 Å². The van der Waals surface area contributed by atoms with Crippen molar-refractivity contribution in [3.63, 3.8) is 0 Å². The minimum absolute atomic E-state index is 0.556. The van der Waals surface area contributed by atoms with Crippen LogP contribution in [-0.4, -0.2) is 6.04 Å². The lowest BCUT2D eigenvalue weighted by Gasteiger charge is -2.29. The highest BCUT2D eigenvalue weighted by Crippen LogP contribution is 2.31. The van der Waals surface area contributed by atoms with Crippen molar-refractivity contribution in [3.05, 3.63) is 26.8 Å². The molecule has 0 aromatic heterocycles. The van der Waals surface area contributed by atoms with Crippen molar-refractivity contribution in [3.8, 4) is 0 Å². The molecule has 0 bridgehead atoms. The van der Waals surface area contributed by atoms with Crippen molar-refractivity contribution in [1.29, 1.82) is 0 Å². The van der Waals surface area contributed by atoms with E-state index in [1.165, 1.54) is 34.9 Å². The van der Waals surface area contributed by atoms with Gasteiger partial charge in [-0.15, -0.1) is 0 Å². The van der Waals surface area contributed by atoms with Crippen LogP contribution < -0.4 is 5.32 Å². The summed E-state index contributed by atoms with van der Waals surface area (Å²) in [5.41, 5.74) is 1.21. The molecule has 0 saturated heterocycles. The van der Waals surface area contributed by atoms with Crippen molar-refractivity contribution >= 4 is 39.9 Å². The van der Waals surface area contributed by atoms with E-state index in [-0.39, 0.29) is 0 Å². The van der Waals surface area contributed by atoms with Gasteiger partial charge in [0.2, 0.25) is 0 Å². The molecule has 88 valence electrons. The highest BCUT2D eigenvalue weighted by Gasteiger charge is 2.20. The Hall–Kier alpha value is 0.0400. The van der Waals surface area contributed by atoms with Crippen LogP contribution in [0.1, 0.15) is 32.6 Å². The second-order valence-electron chi connectivity index (χ2n) is 4.70. The van der Waals surface area contributed by atoms with E-state index < -0.39 is 0 Å². The first-order valence-corrected chi connectivity index (χ1v) is 7.32. The van der Waals surface area contributed by atoms with E-state index in [2.05, 4.69) is 40.9 Å². The molecule has 0 radical (unpaired) electrons. The van der Waals surface area contributed by atoms with E-state index in [4.69, 9.17) is 11.6 Å². The number of rotatable bonds is 4. The first-order valence-electron chi connectivity index (χ1n) is 5.87. The Morgan fingerprint density at radius 1 is 1.50 bits per heavy atom. The fraction of sp³-hybridized carbons (Fsp3) is 0.538. The summed E-state index contributed by atoms with van der Waals surface area (Å²) >= 11 is 8.27. The highest BCUT2D eigenvalue weighted by molar-refractivity contribution is 14.1. The number of nitrogens with one attached hydrogen (secondary N) is 1. The Kier molecular flexibility index (Phi) is 4.36. The van der Waals surface area contributed by atoms with Gasteiger partial charge in [0.1, 0.15) is 0 Å². The molecule has 1 aromatic carbocycles. The van der Waals surface area contributed by atoms with E-state index in [9.17, 15) is 0 Å². The molecule has 16 heavy (non-hydrogen) atoms. The maximum absolute atomic E-state index is 5.94. The molecule has 1 aliphatic carbocycles. The van der Waals surface area contributed by atoms with Crippen molar-refractivity contribution in [2.45, 2.75) is 38.6 Å². The summed E-state index contributed by atoms with van der Waals surface area (Å²) in [6.45, 7) is 2.27. The van der Waals surface area contributed by atoms with Gasteiger partial charge in [-0.2, -0.15) is 0 Å². The molecular weight excluding hydrogens is 333 g/mol. The summed E-state index contributed by atoms with van der Waals surface area (Å²) in [6, 6.07) is 6.57. The second kappa shape index (κ2) is 5.58. The lowest BCUT2D eigenvalue weighted by Crippen LogP contribution is -2.23. The highest BCUT2D eigenvalue weighted by atomic mass is 127. The molecule has 2 rings (SSSR count). The van der Waals surface area contributed by atoms with Crippen molar-refractivity contribution in [1.82, 2.24) is 0 Å². The Balaban J connectivity index is 1.91. The van der Waals surface area contributed by atoms with Crippen LogP contribution >= 0.6 is 34.2 Å². The SMILES string of the molecule is CC(CC1CCC1)Nc1ccc(Cl)cc1I. The van der Waals surface area contributed by atoms with Crippen LogP contribution in [0.5, 0.6) is 0 Å². The van der Waals surface area contributed by atoms with Crippen LogP contribution in [0.4, 0.5) is 5.69 Å². The first kappa shape index (κ1) is 12.5. The first-order chi connectivity index (χ1) is 7.65. The molecule has 0 amide bonds. The number of anilines is 1. The fourth-order valence-corrected chi connectivity index (χ4v) is 3.19. The lowest BCUT2D eigenvalue weighted by molar-refractivity contribution is 0.286. The predicted molar refractivity (Wildman–Crippen MR) is 79.2 cm³/mol. The summed E-state index contributed by atoms with van der Waals surface area (Å²) in [5.74, 6) is 0.951. The summed E-state index contributed by atoms with van der Waals surface area (Å²) in [4.78, 5) is 0. The summed E-state index contributed by atoms with van der Waals surface area (Å²) in [5, 5.41) is 4.38. The van der Waals surface area contributed by atoms with Gasteiger partial charge in [0, 0.05) is 20.3 Å². The zero-order chi connectivity index (χ0) is 11.5. The molecule has 1 unspecified atom stereocenters. The molecule has 0 spiro atoms. The summed E-state index contributed by atoms with van der Waals surface area (Å²) in [6.07, 6.45) is 5.56. The van der Waals surface area contributed by atoms with E-state index >= 15 is 0 Å². The third-order valence-corrected chi connectivity index (χ3v) is 4.37. The lowest BCUT2D eigenvalue weighted by atomic mass is 9.81. The molecule has 3 heteroatoms. The fourth-order valence-electron chi connectivity index (χ4n) is 2.16.